The summed E-state index contributed by atoms with van der Waals surface area (Å²) in [6.45, 7) is 1.74. The fourth-order valence-electron chi connectivity index (χ4n) is 1.27. The molecule has 8 heteroatoms. The first-order valence-electron chi connectivity index (χ1n) is 4.79. The number of sulfonamides is 1. The second kappa shape index (κ2) is 5.05. The van der Waals surface area contributed by atoms with E-state index in [1.54, 1.807) is 13.0 Å². The van der Waals surface area contributed by atoms with Gasteiger partial charge in [0.25, 0.3) is 10.0 Å². The minimum Gasteiger partial charge on any atom is -0.276 e. The summed E-state index contributed by atoms with van der Waals surface area (Å²) in [6.07, 6.45) is 1.51. The molecule has 0 fully saturated rings. The zero-order valence-electron chi connectivity index (χ0n) is 9.15. The van der Waals surface area contributed by atoms with Gasteiger partial charge in [-0.25, -0.2) is 13.4 Å². The Kier molecular flexibility index (Phi) is 3.82. The summed E-state index contributed by atoms with van der Waals surface area (Å²) in [7, 11) is -3.68. The zero-order chi connectivity index (χ0) is 13.3. The van der Waals surface area contributed by atoms with E-state index >= 15 is 0 Å². The number of aryl methyl sites for hydroxylation is 1. The lowest BCUT2D eigenvalue weighted by Crippen LogP contribution is -2.13. The maximum absolute atomic E-state index is 12.1. The van der Waals surface area contributed by atoms with Gasteiger partial charge < -0.3 is 0 Å². The van der Waals surface area contributed by atoms with E-state index in [1.165, 1.54) is 18.3 Å². The van der Waals surface area contributed by atoms with Crippen molar-refractivity contribution in [3.8, 4) is 0 Å². The molecular formula is C10H8Cl2N2O2S2. The van der Waals surface area contributed by atoms with Gasteiger partial charge in [-0.05, 0) is 30.7 Å². The Bertz CT molecular complexity index is 663. The van der Waals surface area contributed by atoms with E-state index in [0.717, 1.165) is 11.3 Å². The van der Waals surface area contributed by atoms with Crippen LogP contribution in [0.25, 0.3) is 0 Å². The summed E-state index contributed by atoms with van der Waals surface area (Å²) in [5.41, 5.74) is 0.977. The van der Waals surface area contributed by atoms with Gasteiger partial charge in [-0.2, -0.15) is 0 Å². The van der Waals surface area contributed by atoms with Crippen LogP contribution < -0.4 is 4.72 Å². The molecule has 2 aromatic heterocycles. The van der Waals surface area contributed by atoms with Crippen molar-refractivity contribution in [2.75, 3.05) is 4.72 Å². The molecule has 0 aliphatic rings. The highest BCUT2D eigenvalue weighted by atomic mass is 35.5. The van der Waals surface area contributed by atoms with Crippen molar-refractivity contribution >= 4 is 50.2 Å². The first-order chi connectivity index (χ1) is 8.40. The highest BCUT2D eigenvalue weighted by Gasteiger charge is 2.19. The normalized spacial score (nSPS) is 11.5. The fourth-order valence-corrected chi connectivity index (χ4v) is 4.20. The Balaban J connectivity index is 2.40. The Morgan fingerprint density at radius 3 is 2.56 bits per heavy atom. The summed E-state index contributed by atoms with van der Waals surface area (Å²) in [6, 6.07) is 4.64. The molecular weight excluding hydrogens is 315 g/mol. The molecule has 0 atom stereocenters. The molecule has 0 amide bonds. The summed E-state index contributed by atoms with van der Waals surface area (Å²) in [4.78, 5) is 3.84. The van der Waals surface area contributed by atoms with Crippen LogP contribution in [0.4, 0.5) is 5.69 Å². The van der Waals surface area contributed by atoms with Gasteiger partial charge in [0.1, 0.15) is 4.21 Å². The number of pyridine rings is 1. The molecule has 2 aromatic rings. The molecule has 0 aromatic carbocycles. The molecule has 0 unspecified atom stereocenters. The first kappa shape index (κ1) is 13.6. The minimum absolute atomic E-state index is 0.112. The van der Waals surface area contributed by atoms with Gasteiger partial charge in [0, 0.05) is 6.20 Å². The van der Waals surface area contributed by atoms with Gasteiger partial charge in [0.05, 0.1) is 10.0 Å². The largest absolute Gasteiger partial charge is 0.276 e. The fraction of sp³-hybridized carbons (Fsp3) is 0.100. The summed E-state index contributed by atoms with van der Waals surface area (Å²) >= 11 is 12.6. The number of nitrogens with zero attached hydrogens (tertiary/aromatic N) is 1. The number of anilines is 1. The number of halogens is 2. The van der Waals surface area contributed by atoms with E-state index in [1.807, 2.05) is 0 Å². The maximum Gasteiger partial charge on any atom is 0.271 e. The zero-order valence-corrected chi connectivity index (χ0v) is 12.3. The van der Waals surface area contributed by atoms with E-state index < -0.39 is 10.0 Å². The molecule has 96 valence electrons. The van der Waals surface area contributed by atoms with Crippen LogP contribution in [0.2, 0.25) is 9.49 Å². The number of thiophene rings is 1. The van der Waals surface area contributed by atoms with E-state index in [2.05, 4.69) is 9.71 Å². The molecule has 2 heterocycles. The lowest BCUT2D eigenvalue weighted by molar-refractivity contribution is 0.603. The average molecular weight is 323 g/mol. The van der Waals surface area contributed by atoms with Gasteiger partial charge in [-0.1, -0.05) is 23.2 Å². The number of hydrogen-bond acceptors (Lipinski definition) is 4. The summed E-state index contributed by atoms with van der Waals surface area (Å²) < 4.78 is 27.1. The standard InChI is InChI=1S/C10H8Cl2N2O2S2/c1-6-4-5-13-10(12)9(6)14-18(15,16)8-3-2-7(11)17-8/h2-5,14H,1H3. The summed E-state index contributed by atoms with van der Waals surface area (Å²) in [5.74, 6) is 0. The molecule has 4 nitrogen and oxygen atoms in total. The lowest BCUT2D eigenvalue weighted by atomic mass is 10.3. The van der Waals surface area contributed by atoms with Crippen molar-refractivity contribution < 1.29 is 8.42 Å². The van der Waals surface area contributed by atoms with Crippen molar-refractivity contribution in [1.82, 2.24) is 4.98 Å². The highest BCUT2D eigenvalue weighted by Crippen LogP contribution is 2.30. The highest BCUT2D eigenvalue weighted by molar-refractivity contribution is 7.94. The smallest absolute Gasteiger partial charge is 0.271 e. The van der Waals surface area contributed by atoms with Crippen LogP contribution in [0, 0.1) is 6.92 Å². The van der Waals surface area contributed by atoms with Crippen LogP contribution in [0.3, 0.4) is 0 Å². The van der Waals surface area contributed by atoms with E-state index in [0.29, 0.717) is 9.90 Å². The molecule has 0 radical (unpaired) electrons. The molecule has 1 N–H and O–H groups in total. The number of hydrogen-bond donors (Lipinski definition) is 1. The predicted octanol–water partition coefficient (Wildman–Crippen LogP) is 3.56. The monoisotopic (exact) mass is 322 g/mol. The number of nitrogens with one attached hydrogen (secondary N) is 1. The molecule has 0 saturated heterocycles. The van der Waals surface area contributed by atoms with Gasteiger partial charge in [-0.3, -0.25) is 4.72 Å². The average Bonchev–Trinajstić information content (AvgIpc) is 2.71. The van der Waals surface area contributed by atoms with Gasteiger partial charge in [-0.15, -0.1) is 11.3 Å². The van der Waals surface area contributed by atoms with Crippen LogP contribution in [-0.4, -0.2) is 13.4 Å². The van der Waals surface area contributed by atoms with Crippen LogP contribution in [0.1, 0.15) is 5.56 Å². The van der Waals surface area contributed by atoms with Gasteiger partial charge in [0.15, 0.2) is 5.15 Å². The van der Waals surface area contributed by atoms with Crippen molar-refractivity contribution in [2.45, 2.75) is 11.1 Å². The maximum atomic E-state index is 12.1. The molecule has 0 aliphatic heterocycles. The van der Waals surface area contributed by atoms with Crippen molar-refractivity contribution in [1.29, 1.82) is 0 Å². The molecule has 0 bridgehead atoms. The van der Waals surface area contributed by atoms with Crippen molar-refractivity contribution in [3.63, 3.8) is 0 Å². The summed E-state index contributed by atoms with van der Waals surface area (Å²) in [5, 5.41) is 0.112. The molecule has 0 spiro atoms. The van der Waals surface area contributed by atoms with Crippen LogP contribution in [-0.2, 0) is 10.0 Å². The predicted molar refractivity (Wildman–Crippen MR) is 74.1 cm³/mol. The van der Waals surface area contributed by atoms with E-state index in [-0.39, 0.29) is 15.0 Å². The van der Waals surface area contributed by atoms with Crippen LogP contribution in [0.15, 0.2) is 28.6 Å². The topological polar surface area (TPSA) is 59.1 Å². The first-order valence-corrected chi connectivity index (χ1v) is 7.85. The second-order valence-corrected chi connectivity index (χ2v) is 7.44. The Labute approximate surface area is 119 Å². The lowest BCUT2D eigenvalue weighted by Gasteiger charge is -2.09. The molecule has 18 heavy (non-hydrogen) atoms. The quantitative estimate of drug-likeness (QED) is 0.879. The molecule has 0 saturated carbocycles. The van der Waals surface area contributed by atoms with E-state index in [9.17, 15) is 8.42 Å². The molecule has 0 aliphatic carbocycles. The SMILES string of the molecule is Cc1ccnc(Cl)c1NS(=O)(=O)c1ccc(Cl)s1. The Morgan fingerprint density at radius 1 is 1.28 bits per heavy atom. The van der Waals surface area contributed by atoms with Crippen LogP contribution in [0.5, 0.6) is 0 Å². The third-order valence-corrected chi connectivity index (χ3v) is 5.52. The Hall–Kier alpha value is -0.820. The third kappa shape index (κ3) is 2.77. The number of rotatable bonds is 3. The minimum atomic E-state index is -3.68. The molecule has 2 rings (SSSR count). The van der Waals surface area contributed by atoms with Gasteiger partial charge in [0.2, 0.25) is 0 Å². The Morgan fingerprint density at radius 2 is 2.00 bits per heavy atom. The number of aromatic nitrogens is 1. The van der Waals surface area contributed by atoms with Gasteiger partial charge >= 0.3 is 0 Å². The third-order valence-electron chi connectivity index (χ3n) is 2.16. The van der Waals surface area contributed by atoms with Crippen LogP contribution >= 0.6 is 34.5 Å². The second-order valence-electron chi connectivity index (χ2n) is 3.46. The van der Waals surface area contributed by atoms with E-state index in [4.69, 9.17) is 23.2 Å². The van der Waals surface area contributed by atoms with Crippen molar-refractivity contribution in [2.24, 2.45) is 0 Å². The van der Waals surface area contributed by atoms with Crippen molar-refractivity contribution in [3.05, 3.63) is 39.4 Å².